The second-order valence-electron chi connectivity index (χ2n) is 4.71. The summed E-state index contributed by atoms with van der Waals surface area (Å²) in [6, 6.07) is 8.79. The number of halogens is 1. The van der Waals surface area contributed by atoms with Gasteiger partial charge in [0.05, 0.1) is 10.2 Å². The first kappa shape index (κ1) is 11.7. The van der Waals surface area contributed by atoms with Crippen molar-refractivity contribution in [1.29, 1.82) is 0 Å². The van der Waals surface area contributed by atoms with E-state index in [-0.39, 0.29) is 0 Å². The van der Waals surface area contributed by atoms with Gasteiger partial charge in [-0.1, -0.05) is 17.7 Å². The van der Waals surface area contributed by atoms with Crippen LogP contribution in [0.25, 0.3) is 0 Å². The van der Waals surface area contributed by atoms with Crippen LogP contribution >= 0.6 is 15.9 Å². The number of pyridine rings is 1. The van der Waals surface area contributed by atoms with Gasteiger partial charge < -0.3 is 4.90 Å². The zero-order valence-corrected chi connectivity index (χ0v) is 11.9. The maximum Gasteiger partial charge on any atom is 0.0595 e. The Morgan fingerprint density at radius 2 is 2.11 bits per heavy atom. The molecule has 0 amide bonds. The Balaban J connectivity index is 2.09. The number of rotatable bonds is 1. The number of aryl methyl sites for hydroxylation is 2. The molecule has 3 rings (SSSR count). The number of hydrogen-bond donors (Lipinski definition) is 0. The molecule has 2 aromatic rings. The minimum atomic E-state index is 1.05. The van der Waals surface area contributed by atoms with Crippen LogP contribution in [0.2, 0.25) is 0 Å². The molecule has 2 nitrogen and oxygen atoms in total. The van der Waals surface area contributed by atoms with Crippen molar-refractivity contribution in [2.45, 2.75) is 19.8 Å². The SMILES string of the molecule is Cc1ccc2c(c1)CCCN2c1ccncc1Br. The van der Waals surface area contributed by atoms with E-state index in [0.717, 1.165) is 11.0 Å². The molecule has 1 aliphatic rings. The van der Waals surface area contributed by atoms with Crippen LogP contribution in [0.3, 0.4) is 0 Å². The van der Waals surface area contributed by atoms with E-state index < -0.39 is 0 Å². The predicted molar refractivity (Wildman–Crippen MR) is 78.4 cm³/mol. The van der Waals surface area contributed by atoms with Gasteiger partial charge >= 0.3 is 0 Å². The third-order valence-electron chi connectivity index (χ3n) is 3.40. The Kier molecular flexibility index (Phi) is 3.08. The monoisotopic (exact) mass is 302 g/mol. The van der Waals surface area contributed by atoms with Crippen LogP contribution < -0.4 is 4.90 Å². The smallest absolute Gasteiger partial charge is 0.0595 e. The average Bonchev–Trinajstić information content (AvgIpc) is 2.38. The van der Waals surface area contributed by atoms with Gasteiger partial charge in [0.2, 0.25) is 0 Å². The van der Waals surface area contributed by atoms with Crippen LogP contribution in [0.4, 0.5) is 11.4 Å². The van der Waals surface area contributed by atoms with Gasteiger partial charge in [-0.05, 0) is 53.4 Å². The van der Waals surface area contributed by atoms with Gasteiger partial charge in [0, 0.05) is 24.6 Å². The molecule has 3 heteroatoms. The topological polar surface area (TPSA) is 16.1 Å². The Bertz CT molecular complexity index is 580. The third kappa shape index (κ3) is 2.03. The van der Waals surface area contributed by atoms with E-state index in [0.29, 0.717) is 0 Å². The van der Waals surface area contributed by atoms with E-state index in [1.807, 2.05) is 12.4 Å². The van der Waals surface area contributed by atoms with E-state index >= 15 is 0 Å². The van der Waals surface area contributed by atoms with E-state index in [1.165, 1.54) is 35.3 Å². The number of anilines is 2. The van der Waals surface area contributed by atoms with Crippen molar-refractivity contribution in [3.05, 3.63) is 52.3 Å². The minimum Gasteiger partial charge on any atom is -0.340 e. The van der Waals surface area contributed by atoms with Gasteiger partial charge in [-0.2, -0.15) is 0 Å². The van der Waals surface area contributed by atoms with E-state index in [1.54, 1.807) is 0 Å². The first-order valence-corrected chi connectivity index (χ1v) is 7.01. The van der Waals surface area contributed by atoms with E-state index in [4.69, 9.17) is 0 Å². The van der Waals surface area contributed by atoms with Crippen molar-refractivity contribution in [2.75, 3.05) is 11.4 Å². The van der Waals surface area contributed by atoms with Crippen molar-refractivity contribution >= 4 is 27.3 Å². The Hall–Kier alpha value is -1.35. The lowest BCUT2D eigenvalue weighted by Gasteiger charge is -2.32. The maximum absolute atomic E-state index is 4.14. The van der Waals surface area contributed by atoms with Crippen molar-refractivity contribution < 1.29 is 0 Å². The normalized spacial score (nSPS) is 14.4. The van der Waals surface area contributed by atoms with Crippen LogP contribution in [-0.4, -0.2) is 11.5 Å². The van der Waals surface area contributed by atoms with E-state index in [9.17, 15) is 0 Å². The standard InChI is InChI=1S/C15H15BrN2/c1-11-4-5-14-12(9-11)3-2-8-18(14)15-6-7-17-10-13(15)16/h4-7,9-10H,2-3,8H2,1H3. The molecular formula is C15H15BrN2. The highest BCUT2D eigenvalue weighted by molar-refractivity contribution is 9.10. The molecule has 1 aliphatic heterocycles. The Morgan fingerprint density at radius 3 is 2.94 bits per heavy atom. The van der Waals surface area contributed by atoms with Crippen molar-refractivity contribution in [1.82, 2.24) is 4.98 Å². The molecule has 18 heavy (non-hydrogen) atoms. The highest BCUT2D eigenvalue weighted by Crippen LogP contribution is 2.37. The number of benzene rings is 1. The first-order valence-electron chi connectivity index (χ1n) is 6.22. The molecule has 1 aromatic carbocycles. The van der Waals surface area contributed by atoms with Gasteiger partial charge in [0.15, 0.2) is 0 Å². The fourth-order valence-electron chi connectivity index (χ4n) is 2.56. The summed E-state index contributed by atoms with van der Waals surface area (Å²) in [5.74, 6) is 0. The molecule has 2 heterocycles. The van der Waals surface area contributed by atoms with Crippen LogP contribution in [0.15, 0.2) is 41.1 Å². The maximum atomic E-state index is 4.14. The van der Waals surface area contributed by atoms with E-state index in [2.05, 4.69) is 57.0 Å². The molecule has 0 saturated heterocycles. The van der Waals surface area contributed by atoms with Gasteiger partial charge in [-0.25, -0.2) is 0 Å². The lowest BCUT2D eigenvalue weighted by atomic mass is 9.99. The summed E-state index contributed by atoms with van der Waals surface area (Å²) in [6.07, 6.45) is 6.09. The van der Waals surface area contributed by atoms with Gasteiger partial charge in [-0.15, -0.1) is 0 Å². The molecule has 0 spiro atoms. The molecule has 1 aromatic heterocycles. The fraction of sp³-hybridized carbons (Fsp3) is 0.267. The van der Waals surface area contributed by atoms with Gasteiger partial charge in [-0.3, -0.25) is 4.98 Å². The summed E-state index contributed by atoms with van der Waals surface area (Å²) in [6.45, 7) is 3.22. The molecule has 0 fully saturated rings. The molecule has 0 radical (unpaired) electrons. The molecule has 92 valence electrons. The molecule has 0 atom stereocenters. The number of aromatic nitrogens is 1. The van der Waals surface area contributed by atoms with Gasteiger partial charge in [0.1, 0.15) is 0 Å². The number of hydrogen-bond acceptors (Lipinski definition) is 2. The number of nitrogens with zero attached hydrogens (tertiary/aromatic N) is 2. The Labute approximate surface area is 116 Å². The molecule has 0 aliphatic carbocycles. The molecular weight excluding hydrogens is 288 g/mol. The quantitative estimate of drug-likeness (QED) is 0.783. The molecule has 0 N–H and O–H groups in total. The van der Waals surface area contributed by atoms with Crippen molar-refractivity contribution in [3.63, 3.8) is 0 Å². The minimum absolute atomic E-state index is 1.05. The first-order chi connectivity index (χ1) is 8.75. The number of fused-ring (bicyclic) bond motifs is 1. The predicted octanol–water partition coefficient (Wildman–Crippen LogP) is 4.24. The lowest BCUT2D eigenvalue weighted by molar-refractivity contribution is 0.764. The second-order valence-corrected chi connectivity index (χ2v) is 5.57. The molecule has 0 saturated carbocycles. The summed E-state index contributed by atoms with van der Waals surface area (Å²) in [5.41, 5.74) is 5.32. The molecule has 0 bridgehead atoms. The molecule has 0 unspecified atom stereocenters. The Morgan fingerprint density at radius 1 is 1.22 bits per heavy atom. The average molecular weight is 303 g/mol. The van der Waals surface area contributed by atoms with Crippen molar-refractivity contribution in [3.8, 4) is 0 Å². The summed E-state index contributed by atoms with van der Waals surface area (Å²) < 4.78 is 1.05. The van der Waals surface area contributed by atoms with Gasteiger partial charge in [0.25, 0.3) is 0 Å². The highest BCUT2D eigenvalue weighted by atomic mass is 79.9. The second kappa shape index (κ2) is 4.73. The summed E-state index contributed by atoms with van der Waals surface area (Å²) in [5, 5.41) is 0. The summed E-state index contributed by atoms with van der Waals surface area (Å²) >= 11 is 3.59. The van der Waals surface area contributed by atoms with Crippen molar-refractivity contribution in [2.24, 2.45) is 0 Å². The zero-order valence-electron chi connectivity index (χ0n) is 10.4. The summed E-state index contributed by atoms with van der Waals surface area (Å²) in [4.78, 5) is 6.52. The van der Waals surface area contributed by atoms with Crippen LogP contribution in [0.1, 0.15) is 17.5 Å². The lowest BCUT2D eigenvalue weighted by Crippen LogP contribution is -2.24. The third-order valence-corrected chi connectivity index (χ3v) is 4.01. The zero-order chi connectivity index (χ0) is 12.5. The fourth-order valence-corrected chi connectivity index (χ4v) is 3.03. The summed E-state index contributed by atoms with van der Waals surface area (Å²) in [7, 11) is 0. The van der Waals surface area contributed by atoms with Crippen LogP contribution in [-0.2, 0) is 6.42 Å². The van der Waals surface area contributed by atoms with Crippen LogP contribution in [0.5, 0.6) is 0 Å². The highest BCUT2D eigenvalue weighted by Gasteiger charge is 2.19. The largest absolute Gasteiger partial charge is 0.340 e. The van der Waals surface area contributed by atoms with Crippen LogP contribution in [0, 0.1) is 6.92 Å².